The number of aliphatic hydroxyl groups is 4. The second-order valence-electron chi connectivity index (χ2n) is 3.04. The average molecular weight is 252 g/mol. The summed E-state index contributed by atoms with van der Waals surface area (Å²) in [6, 6.07) is 0. The molecule has 1 unspecified atom stereocenters. The fraction of sp³-hybridized carbons (Fsp3) is 0.625. The first-order valence-electron chi connectivity index (χ1n) is 4.30. The topological polar surface area (TPSA) is 162 Å². The maximum atomic E-state index is 11.2. The van der Waals surface area contributed by atoms with E-state index in [-0.39, 0.29) is 0 Å². The number of rotatable bonds is 6. The Balaban J connectivity index is 4.70. The predicted molar refractivity (Wildman–Crippen MR) is 48.7 cm³/mol. The third kappa shape index (κ3) is 3.75. The molecule has 0 aromatic heterocycles. The van der Waals surface area contributed by atoms with Crippen molar-refractivity contribution >= 4 is 17.7 Å². The monoisotopic (exact) mass is 252 g/mol. The van der Waals surface area contributed by atoms with Crippen LogP contribution in [0.5, 0.6) is 0 Å². The SMILES string of the molecule is COC(=O)[C@@H](O)[C@@H](O)C(=O)[C@@H](O)C(O)C(=O)O. The van der Waals surface area contributed by atoms with Gasteiger partial charge < -0.3 is 30.3 Å². The molecule has 0 amide bonds. The number of carboxylic acid groups (broad SMARTS) is 1. The third-order valence-corrected chi connectivity index (χ3v) is 1.88. The molecule has 4 atom stereocenters. The second kappa shape index (κ2) is 6.25. The Kier molecular flexibility index (Phi) is 5.68. The second-order valence-corrected chi connectivity index (χ2v) is 3.04. The molecule has 0 bridgehead atoms. The molecule has 98 valence electrons. The molecule has 0 radical (unpaired) electrons. The van der Waals surface area contributed by atoms with E-state index >= 15 is 0 Å². The standard InChI is InChI=1S/C8H12O9/c1-17-8(16)6(13)4(11)2(9)3(10)5(12)7(14)15/h3-6,10-13H,1H3,(H,14,15)/t3-,4+,5?,6+/m1/s1. The first-order chi connectivity index (χ1) is 7.73. The van der Waals surface area contributed by atoms with Gasteiger partial charge in [0.25, 0.3) is 0 Å². The average Bonchev–Trinajstić information content (AvgIpc) is 2.32. The molecule has 9 nitrogen and oxygen atoms in total. The fourth-order valence-electron chi connectivity index (χ4n) is 0.871. The van der Waals surface area contributed by atoms with Gasteiger partial charge >= 0.3 is 11.9 Å². The Morgan fingerprint density at radius 1 is 0.882 bits per heavy atom. The van der Waals surface area contributed by atoms with Crippen molar-refractivity contribution in [1.29, 1.82) is 0 Å². The highest BCUT2D eigenvalue weighted by Crippen LogP contribution is 2.05. The summed E-state index contributed by atoms with van der Waals surface area (Å²) in [5, 5.41) is 44.3. The zero-order chi connectivity index (χ0) is 13.7. The molecule has 0 rings (SSSR count). The van der Waals surface area contributed by atoms with Gasteiger partial charge in [0.1, 0.15) is 0 Å². The van der Waals surface area contributed by atoms with Crippen LogP contribution in [0, 0.1) is 0 Å². The van der Waals surface area contributed by atoms with Gasteiger partial charge in [0.2, 0.25) is 0 Å². The van der Waals surface area contributed by atoms with E-state index < -0.39 is 42.1 Å². The Hall–Kier alpha value is -1.55. The number of carbonyl (C=O) groups excluding carboxylic acids is 2. The molecule has 0 saturated carbocycles. The van der Waals surface area contributed by atoms with E-state index in [1.54, 1.807) is 0 Å². The minimum absolute atomic E-state index is 0.880. The molecule has 0 aliphatic heterocycles. The first-order valence-corrected chi connectivity index (χ1v) is 4.30. The summed E-state index contributed by atoms with van der Waals surface area (Å²) in [5.41, 5.74) is 0. The van der Waals surface area contributed by atoms with E-state index in [1.165, 1.54) is 0 Å². The maximum Gasteiger partial charge on any atom is 0.337 e. The van der Waals surface area contributed by atoms with Crippen LogP contribution in [-0.2, 0) is 19.1 Å². The summed E-state index contributed by atoms with van der Waals surface area (Å²) in [6.07, 6.45) is -9.61. The van der Waals surface area contributed by atoms with Gasteiger partial charge in [0.15, 0.2) is 30.2 Å². The van der Waals surface area contributed by atoms with Gasteiger partial charge in [-0.25, -0.2) is 9.59 Å². The molecule has 0 aliphatic carbocycles. The highest BCUT2D eigenvalue weighted by Gasteiger charge is 2.39. The number of Topliss-reactive ketones (excluding diaryl/α,β-unsaturated/α-hetero) is 1. The number of hydrogen-bond donors (Lipinski definition) is 5. The number of ether oxygens (including phenoxy) is 1. The summed E-state index contributed by atoms with van der Waals surface area (Å²) < 4.78 is 4.01. The normalized spacial score (nSPS) is 17.7. The quantitative estimate of drug-likeness (QED) is 0.299. The number of carbonyl (C=O) groups is 3. The number of carboxylic acids is 1. The van der Waals surface area contributed by atoms with Crippen LogP contribution < -0.4 is 0 Å². The molecule has 0 aliphatic rings. The third-order valence-electron chi connectivity index (χ3n) is 1.88. The van der Waals surface area contributed by atoms with Crippen molar-refractivity contribution in [3.8, 4) is 0 Å². The van der Waals surface area contributed by atoms with Crippen LogP contribution in [0.3, 0.4) is 0 Å². The number of methoxy groups -OCH3 is 1. The lowest BCUT2D eigenvalue weighted by Crippen LogP contribution is -2.50. The van der Waals surface area contributed by atoms with Gasteiger partial charge in [0, 0.05) is 0 Å². The van der Waals surface area contributed by atoms with E-state index in [9.17, 15) is 14.4 Å². The van der Waals surface area contributed by atoms with Crippen LogP contribution in [0.25, 0.3) is 0 Å². The van der Waals surface area contributed by atoms with Crippen molar-refractivity contribution in [2.75, 3.05) is 7.11 Å². The molecule has 0 spiro atoms. The number of hydrogen-bond acceptors (Lipinski definition) is 8. The van der Waals surface area contributed by atoms with Crippen molar-refractivity contribution in [1.82, 2.24) is 0 Å². The molecule has 9 heteroatoms. The van der Waals surface area contributed by atoms with Gasteiger partial charge in [-0.15, -0.1) is 0 Å². The van der Waals surface area contributed by atoms with Gasteiger partial charge in [-0.1, -0.05) is 0 Å². The van der Waals surface area contributed by atoms with E-state index in [1.807, 2.05) is 0 Å². The van der Waals surface area contributed by atoms with E-state index in [0.29, 0.717) is 0 Å². The van der Waals surface area contributed by atoms with Crippen LogP contribution in [0.2, 0.25) is 0 Å². The molecule has 0 heterocycles. The lowest BCUT2D eigenvalue weighted by Gasteiger charge is -2.19. The molecular formula is C8H12O9. The minimum atomic E-state index is -2.47. The smallest absolute Gasteiger partial charge is 0.337 e. The number of aliphatic hydroxyl groups excluding tert-OH is 4. The van der Waals surface area contributed by atoms with Crippen LogP contribution >= 0.6 is 0 Å². The van der Waals surface area contributed by atoms with Crippen LogP contribution in [0.15, 0.2) is 0 Å². The number of esters is 1. The van der Waals surface area contributed by atoms with Gasteiger partial charge in [0.05, 0.1) is 7.11 Å². The van der Waals surface area contributed by atoms with Crippen molar-refractivity contribution in [3.63, 3.8) is 0 Å². The van der Waals surface area contributed by atoms with Crippen LogP contribution in [0.4, 0.5) is 0 Å². The number of aliphatic carboxylic acids is 1. The zero-order valence-electron chi connectivity index (χ0n) is 8.68. The number of ketones is 1. The van der Waals surface area contributed by atoms with E-state index in [2.05, 4.69) is 4.74 Å². The summed E-state index contributed by atoms with van der Waals surface area (Å²) >= 11 is 0. The maximum absolute atomic E-state index is 11.2. The summed E-state index contributed by atoms with van der Waals surface area (Å²) in [7, 11) is 0.880. The molecule has 0 saturated heterocycles. The Labute approximate surface area is 94.9 Å². The Morgan fingerprint density at radius 2 is 1.29 bits per heavy atom. The van der Waals surface area contributed by atoms with Crippen LogP contribution in [-0.4, -0.2) is 74.8 Å². The molecule has 0 aromatic carbocycles. The summed E-state index contributed by atoms with van der Waals surface area (Å²) in [5.74, 6) is -4.86. The van der Waals surface area contributed by atoms with Crippen molar-refractivity contribution in [3.05, 3.63) is 0 Å². The van der Waals surface area contributed by atoms with Crippen molar-refractivity contribution < 1.29 is 44.7 Å². The van der Waals surface area contributed by atoms with Gasteiger partial charge in [-0.3, -0.25) is 4.79 Å². The molecule has 0 fully saturated rings. The predicted octanol–water partition coefficient (Wildman–Crippen LogP) is -3.74. The molecule has 5 N–H and O–H groups in total. The summed E-state index contributed by atoms with van der Waals surface area (Å²) in [4.78, 5) is 32.1. The highest BCUT2D eigenvalue weighted by atomic mass is 16.5. The van der Waals surface area contributed by atoms with Crippen molar-refractivity contribution in [2.24, 2.45) is 0 Å². The fourth-order valence-corrected chi connectivity index (χ4v) is 0.871. The van der Waals surface area contributed by atoms with Gasteiger partial charge in [-0.05, 0) is 0 Å². The van der Waals surface area contributed by atoms with Gasteiger partial charge in [-0.2, -0.15) is 0 Å². The highest BCUT2D eigenvalue weighted by molar-refractivity contribution is 5.95. The zero-order valence-corrected chi connectivity index (χ0v) is 8.68. The van der Waals surface area contributed by atoms with Crippen molar-refractivity contribution in [2.45, 2.75) is 24.4 Å². The largest absolute Gasteiger partial charge is 0.479 e. The Morgan fingerprint density at radius 3 is 1.65 bits per heavy atom. The first kappa shape index (κ1) is 15.4. The molecular weight excluding hydrogens is 240 g/mol. The van der Waals surface area contributed by atoms with Crippen LogP contribution in [0.1, 0.15) is 0 Å². The minimum Gasteiger partial charge on any atom is -0.479 e. The Bertz CT molecular complexity index is 312. The lowest BCUT2D eigenvalue weighted by atomic mass is 10.0. The summed E-state index contributed by atoms with van der Waals surface area (Å²) in [6.45, 7) is 0. The lowest BCUT2D eigenvalue weighted by molar-refractivity contribution is -0.168. The molecule has 17 heavy (non-hydrogen) atoms. The van der Waals surface area contributed by atoms with E-state index in [4.69, 9.17) is 25.5 Å². The molecule has 0 aromatic rings. The van der Waals surface area contributed by atoms with E-state index in [0.717, 1.165) is 7.11 Å².